The molecule has 39 heavy (non-hydrogen) atoms. The van der Waals surface area contributed by atoms with Gasteiger partial charge in [-0.1, -0.05) is 66.7 Å². The zero-order chi connectivity index (χ0) is 27.1. The van der Waals surface area contributed by atoms with Crippen LogP contribution in [0.1, 0.15) is 47.8 Å². The summed E-state index contributed by atoms with van der Waals surface area (Å²) in [5, 5.41) is 23.6. The Kier molecular flexibility index (Phi) is 5.77. The highest BCUT2D eigenvalue weighted by Gasteiger charge is 2.36. The quantitative estimate of drug-likeness (QED) is 0.180. The summed E-state index contributed by atoms with van der Waals surface area (Å²) >= 11 is 0. The van der Waals surface area contributed by atoms with E-state index >= 15 is 0 Å². The third-order valence-electron chi connectivity index (χ3n) is 6.83. The molecule has 0 saturated carbocycles. The number of aromatic hydroxyl groups is 2. The molecule has 0 atom stereocenters. The van der Waals surface area contributed by atoms with E-state index < -0.39 is 11.6 Å². The van der Waals surface area contributed by atoms with Crippen LogP contribution in [0.25, 0.3) is 11.1 Å². The lowest BCUT2D eigenvalue weighted by Crippen LogP contribution is -2.22. The Morgan fingerprint density at radius 3 is 1.74 bits per heavy atom. The van der Waals surface area contributed by atoms with Crippen LogP contribution in [0.3, 0.4) is 0 Å². The van der Waals surface area contributed by atoms with E-state index in [1.807, 2.05) is 42.5 Å². The van der Waals surface area contributed by atoms with Crippen molar-refractivity contribution in [3.63, 3.8) is 0 Å². The molecule has 188 valence electrons. The zero-order valence-corrected chi connectivity index (χ0v) is 20.5. The van der Waals surface area contributed by atoms with Crippen molar-refractivity contribution in [1.82, 2.24) is 0 Å². The molecule has 0 radical (unpaired) electrons. The number of fused-ring (bicyclic) bond motifs is 2. The maximum atomic E-state index is 13.3. The van der Waals surface area contributed by atoms with Crippen LogP contribution < -0.4 is 5.32 Å². The summed E-state index contributed by atoms with van der Waals surface area (Å²) in [4.78, 5) is 39.5. The minimum absolute atomic E-state index is 0.106. The molecule has 0 bridgehead atoms. The first-order valence-corrected chi connectivity index (χ1v) is 12.3. The molecule has 3 N–H and O–H groups in total. The lowest BCUT2D eigenvalue weighted by Gasteiger charge is -2.22. The van der Waals surface area contributed by atoms with Gasteiger partial charge in [-0.3, -0.25) is 14.4 Å². The van der Waals surface area contributed by atoms with Crippen molar-refractivity contribution in [2.75, 3.05) is 5.32 Å². The minimum atomic E-state index is -0.568. The summed E-state index contributed by atoms with van der Waals surface area (Å²) in [5.41, 5.74) is 3.95. The lowest BCUT2D eigenvalue weighted by molar-refractivity contribution is 0.0974. The second kappa shape index (κ2) is 9.43. The molecule has 6 nitrogen and oxygen atoms in total. The predicted octanol–water partition coefficient (Wildman–Crippen LogP) is 6.51. The highest BCUT2D eigenvalue weighted by Crippen LogP contribution is 2.40. The Morgan fingerprint density at radius 1 is 0.538 bits per heavy atom. The fraction of sp³-hybridized carbons (Fsp3) is 0. The molecule has 6 heteroatoms. The summed E-state index contributed by atoms with van der Waals surface area (Å²) in [6, 6.07) is 31.4. The van der Waals surface area contributed by atoms with Gasteiger partial charge in [0.2, 0.25) is 0 Å². The van der Waals surface area contributed by atoms with Gasteiger partial charge in [0.15, 0.2) is 17.3 Å². The van der Waals surface area contributed by atoms with E-state index in [-0.39, 0.29) is 39.5 Å². The van der Waals surface area contributed by atoms with Gasteiger partial charge in [0.05, 0.1) is 22.4 Å². The van der Waals surface area contributed by atoms with Crippen molar-refractivity contribution < 1.29 is 24.6 Å². The lowest BCUT2D eigenvalue weighted by atomic mass is 9.82. The van der Waals surface area contributed by atoms with Crippen molar-refractivity contribution in [2.45, 2.75) is 0 Å². The van der Waals surface area contributed by atoms with E-state index in [4.69, 9.17) is 0 Å². The molecule has 0 amide bonds. The Bertz CT molecular complexity index is 1770. The third-order valence-corrected chi connectivity index (χ3v) is 6.83. The van der Waals surface area contributed by atoms with Crippen molar-refractivity contribution >= 4 is 28.7 Å². The highest BCUT2D eigenvalue weighted by molar-refractivity contribution is 6.32. The fourth-order valence-electron chi connectivity index (χ4n) is 4.86. The number of hydrogen-bond acceptors (Lipinski definition) is 6. The zero-order valence-electron chi connectivity index (χ0n) is 20.5. The van der Waals surface area contributed by atoms with Gasteiger partial charge in [-0.25, -0.2) is 0 Å². The molecule has 0 fully saturated rings. The van der Waals surface area contributed by atoms with Crippen LogP contribution >= 0.6 is 0 Å². The number of carbonyl (C=O) groups excluding carboxylic acids is 3. The van der Waals surface area contributed by atoms with E-state index in [2.05, 4.69) is 5.32 Å². The molecule has 0 heterocycles. The average molecular weight is 512 g/mol. The Balaban J connectivity index is 1.25. The Morgan fingerprint density at radius 2 is 1.10 bits per heavy atom. The van der Waals surface area contributed by atoms with Crippen molar-refractivity contribution in [3.8, 4) is 22.6 Å². The number of rotatable bonds is 5. The third kappa shape index (κ3) is 4.14. The van der Waals surface area contributed by atoms with E-state index in [1.165, 1.54) is 18.2 Å². The van der Waals surface area contributed by atoms with Crippen molar-refractivity contribution in [3.05, 3.63) is 143 Å². The van der Waals surface area contributed by atoms with E-state index in [0.717, 1.165) is 11.1 Å². The Hall–Kier alpha value is -5.49. The van der Waals surface area contributed by atoms with Gasteiger partial charge >= 0.3 is 0 Å². The van der Waals surface area contributed by atoms with Crippen LogP contribution in [-0.2, 0) is 0 Å². The monoisotopic (exact) mass is 511 g/mol. The maximum absolute atomic E-state index is 13.3. The van der Waals surface area contributed by atoms with Crippen molar-refractivity contribution in [1.29, 1.82) is 0 Å². The van der Waals surface area contributed by atoms with Gasteiger partial charge in [0, 0.05) is 22.4 Å². The van der Waals surface area contributed by atoms with Crippen LogP contribution in [0.2, 0.25) is 0 Å². The first kappa shape index (κ1) is 23.9. The standard InChI is InChI=1S/C33H21NO5/c35-26-17-18-27(36)30-29(26)32(38)24-7-4-8-25(28(24)33(30)39)34-23-15-13-22(14-16-23)31(37)21-11-9-20(10-12-21)19-5-2-1-3-6-19/h1-18,34-36H. The Labute approximate surface area is 223 Å². The number of anilines is 2. The van der Waals surface area contributed by atoms with E-state index in [9.17, 15) is 24.6 Å². The fourth-order valence-corrected chi connectivity index (χ4v) is 4.86. The molecule has 0 aromatic heterocycles. The summed E-state index contributed by atoms with van der Waals surface area (Å²) in [5.74, 6) is -1.97. The SMILES string of the molecule is O=C(c1ccc(Nc2cccc3c2C(=O)c2c(O)ccc(O)c2C3=O)cc1)c1ccc(-c2ccccc2)cc1. The van der Waals surface area contributed by atoms with Crippen molar-refractivity contribution in [2.24, 2.45) is 0 Å². The van der Waals surface area contributed by atoms with E-state index in [1.54, 1.807) is 48.5 Å². The molecule has 5 aromatic carbocycles. The largest absolute Gasteiger partial charge is 0.507 e. The van der Waals surface area contributed by atoms with Gasteiger partial charge in [-0.2, -0.15) is 0 Å². The number of nitrogens with one attached hydrogen (secondary N) is 1. The smallest absolute Gasteiger partial charge is 0.200 e. The van der Waals surface area contributed by atoms with Gasteiger partial charge in [0.25, 0.3) is 0 Å². The molecular weight excluding hydrogens is 490 g/mol. The molecule has 5 aromatic rings. The predicted molar refractivity (Wildman–Crippen MR) is 148 cm³/mol. The maximum Gasteiger partial charge on any atom is 0.200 e. The molecule has 0 aliphatic heterocycles. The molecule has 0 unspecified atom stereocenters. The normalized spacial score (nSPS) is 12.0. The summed E-state index contributed by atoms with van der Waals surface area (Å²) in [7, 11) is 0. The number of hydrogen-bond donors (Lipinski definition) is 3. The summed E-state index contributed by atoms with van der Waals surface area (Å²) < 4.78 is 0. The highest BCUT2D eigenvalue weighted by atomic mass is 16.3. The van der Waals surface area contributed by atoms with Gasteiger partial charge in [0.1, 0.15) is 11.5 Å². The van der Waals surface area contributed by atoms with Gasteiger partial charge < -0.3 is 15.5 Å². The molecule has 6 rings (SSSR count). The van der Waals surface area contributed by atoms with Gasteiger partial charge in [-0.15, -0.1) is 0 Å². The van der Waals surface area contributed by atoms with E-state index in [0.29, 0.717) is 22.5 Å². The molecular formula is C33H21NO5. The molecule has 1 aliphatic rings. The van der Waals surface area contributed by atoms with Crippen LogP contribution in [0.15, 0.2) is 109 Å². The van der Waals surface area contributed by atoms with Crippen LogP contribution in [0.5, 0.6) is 11.5 Å². The number of phenolic OH excluding ortho intramolecular Hbond substituents is 2. The van der Waals surface area contributed by atoms with Crippen LogP contribution in [0, 0.1) is 0 Å². The first-order valence-electron chi connectivity index (χ1n) is 12.3. The number of ketones is 3. The van der Waals surface area contributed by atoms with Crippen LogP contribution in [-0.4, -0.2) is 27.6 Å². The second-order valence-corrected chi connectivity index (χ2v) is 9.22. The summed E-state index contributed by atoms with van der Waals surface area (Å²) in [6.07, 6.45) is 0. The first-order chi connectivity index (χ1) is 18.9. The number of carbonyl (C=O) groups is 3. The molecule has 0 spiro atoms. The molecule has 0 saturated heterocycles. The molecule has 1 aliphatic carbocycles. The summed E-state index contributed by atoms with van der Waals surface area (Å²) in [6.45, 7) is 0. The average Bonchev–Trinajstić information content (AvgIpc) is 2.97. The topological polar surface area (TPSA) is 104 Å². The number of phenols is 2. The van der Waals surface area contributed by atoms with Crippen LogP contribution in [0.4, 0.5) is 11.4 Å². The second-order valence-electron chi connectivity index (χ2n) is 9.22. The minimum Gasteiger partial charge on any atom is -0.507 e. The number of benzene rings is 5. The van der Waals surface area contributed by atoms with Gasteiger partial charge in [-0.05, 0) is 53.6 Å².